The molecule has 0 aliphatic rings. The molecule has 0 radical (unpaired) electrons. The molecule has 0 spiro atoms. The number of nitrogens with zero attached hydrogens (tertiary/aromatic N) is 1. The summed E-state index contributed by atoms with van der Waals surface area (Å²) < 4.78 is 0. The average molecular weight is 178 g/mol. The third-order valence-electron chi connectivity index (χ3n) is 1.71. The number of nitrogens with one attached hydrogen (secondary N) is 1. The van der Waals surface area contributed by atoms with Crippen molar-refractivity contribution in [1.29, 1.82) is 0 Å². The minimum Gasteiger partial charge on any atom is -0.364 e. The van der Waals surface area contributed by atoms with Gasteiger partial charge in [-0.15, -0.1) is 6.58 Å². The SMILES string of the molecule is C=CC.CN=Cc1c[nH]c(C)c1C. The number of hydrogen-bond acceptors (Lipinski definition) is 1. The molecule has 0 amide bonds. The van der Waals surface area contributed by atoms with E-state index in [0.717, 1.165) is 0 Å². The molecule has 0 saturated heterocycles. The minimum atomic E-state index is 1.18. The molecular formula is C11H18N2. The van der Waals surface area contributed by atoms with Gasteiger partial charge in [0, 0.05) is 30.7 Å². The Labute approximate surface area is 80.4 Å². The largest absolute Gasteiger partial charge is 0.364 e. The number of aliphatic imine (C=N–C) groups is 1. The molecule has 2 nitrogen and oxygen atoms in total. The molecule has 0 fully saturated rings. The van der Waals surface area contributed by atoms with Crippen molar-refractivity contribution in [3.63, 3.8) is 0 Å². The summed E-state index contributed by atoms with van der Waals surface area (Å²) in [4.78, 5) is 7.07. The summed E-state index contributed by atoms with van der Waals surface area (Å²) in [5.74, 6) is 0. The molecular weight excluding hydrogens is 160 g/mol. The summed E-state index contributed by atoms with van der Waals surface area (Å²) in [6.45, 7) is 9.39. The fraction of sp³-hybridized carbons (Fsp3) is 0.364. The average Bonchev–Trinajstić information content (AvgIpc) is 2.38. The van der Waals surface area contributed by atoms with Crippen LogP contribution in [0.1, 0.15) is 23.7 Å². The number of aromatic amines is 1. The summed E-state index contributed by atoms with van der Waals surface area (Å²) in [5.41, 5.74) is 3.68. The molecule has 0 aliphatic heterocycles. The lowest BCUT2D eigenvalue weighted by Gasteiger charge is -1.88. The van der Waals surface area contributed by atoms with Crippen LogP contribution in [0.3, 0.4) is 0 Å². The highest BCUT2D eigenvalue weighted by Crippen LogP contribution is 2.08. The maximum Gasteiger partial charge on any atom is 0.0299 e. The Morgan fingerprint density at radius 1 is 1.46 bits per heavy atom. The third kappa shape index (κ3) is 3.74. The zero-order chi connectivity index (χ0) is 10.3. The molecule has 0 aromatic carbocycles. The number of rotatable bonds is 1. The molecule has 0 atom stereocenters. The van der Waals surface area contributed by atoms with Crippen LogP contribution in [-0.4, -0.2) is 18.2 Å². The zero-order valence-electron chi connectivity index (χ0n) is 8.89. The standard InChI is InChI=1S/C8H12N2.C3H6/c1-6-7(2)10-5-8(6)4-9-3;1-3-2/h4-5,10H,1-3H3;3H,1H2,2H3. The van der Waals surface area contributed by atoms with Gasteiger partial charge in [0.1, 0.15) is 0 Å². The molecule has 1 N–H and O–H groups in total. The molecule has 1 heterocycles. The van der Waals surface area contributed by atoms with Gasteiger partial charge in [-0.3, -0.25) is 4.99 Å². The minimum absolute atomic E-state index is 1.18. The van der Waals surface area contributed by atoms with Gasteiger partial charge >= 0.3 is 0 Å². The van der Waals surface area contributed by atoms with E-state index in [9.17, 15) is 0 Å². The number of allylic oxidation sites excluding steroid dienone is 1. The van der Waals surface area contributed by atoms with Crippen molar-refractivity contribution in [2.45, 2.75) is 20.8 Å². The lowest BCUT2D eigenvalue weighted by Crippen LogP contribution is -1.80. The van der Waals surface area contributed by atoms with E-state index in [1.165, 1.54) is 16.8 Å². The molecule has 72 valence electrons. The van der Waals surface area contributed by atoms with Crippen LogP contribution < -0.4 is 0 Å². The molecule has 0 bridgehead atoms. The highest BCUT2D eigenvalue weighted by molar-refractivity contribution is 5.81. The molecule has 0 aliphatic carbocycles. The van der Waals surface area contributed by atoms with E-state index < -0.39 is 0 Å². The number of H-pyrrole nitrogens is 1. The fourth-order valence-electron chi connectivity index (χ4n) is 0.892. The van der Waals surface area contributed by atoms with Crippen molar-refractivity contribution in [3.05, 3.63) is 35.7 Å². The second kappa shape index (κ2) is 6.23. The van der Waals surface area contributed by atoms with Gasteiger partial charge in [0.05, 0.1) is 0 Å². The van der Waals surface area contributed by atoms with E-state index in [0.29, 0.717) is 0 Å². The molecule has 0 unspecified atom stereocenters. The first-order valence-electron chi connectivity index (χ1n) is 4.31. The van der Waals surface area contributed by atoms with Gasteiger partial charge < -0.3 is 4.98 Å². The Bertz CT molecular complexity index is 282. The topological polar surface area (TPSA) is 28.1 Å². The summed E-state index contributed by atoms with van der Waals surface area (Å²) in [5, 5.41) is 0. The van der Waals surface area contributed by atoms with Crippen molar-refractivity contribution < 1.29 is 0 Å². The fourth-order valence-corrected chi connectivity index (χ4v) is 0.892. The van der Waals surface area contributed by atoms with Crippen LogP contribution in [0.4, 0.5) is 0 Å². The summed E-state index contributed by atoms with van der Waals surface area (Å²) in [7, 11) is 1.78. The molecule has 13 heavy (non-hydrogen) atoms. The first kappa shape index (κ1) is 11.7. The Hall–Kier alpha value is -1.31. The predicted molar refractivity (Wildman–Crippen MR) is 59.7 cm³/mol. The zero-order valence-corrected chi connectivity index (χ0v) is 8.89. The maximum atomic E-state index is 3.94. The summed E-state index contributed by atoms with van der Waals surface area (Å²) in [6, 6.07) is 0. The first-order valence-corrected chi connectivity index (χ1v) is 4.31. The van der Waals surface area contributed by atoms with E-state index in [4.69, 9.17) is 0 Å². The van der Waals surface area contributed by atoms with Crippen LogP contribution in [-0.2, 0) is 0 Å². The lowest BCUT2D eigenvalue weighted by molar-refractivity contribution is 1.23. The van der Waals surface area contributed by atoms with Crippen LogP contribution >= 0.6 is 0 Å². The van der Waals surface area contributed by atoms with Crippen molar-refractivity contribution in [2.75, 3.05) is 7.05 Å². The Morgan fingerprint density at radius 2 is 2.00 bits per heavy atom. The lowest BCUT2D eigenvalue weighted by atomic mass is 10.2. The van der Waals surface area contributed by atoms with Crippen molar-refractivity contribution >= 4 is 6.21 Å². The van der Waals surface area contributed by atoms with Gasteiger partial charge in [-0.05, 0) is 26.3 Å². The Kier molecular flexibility index (Phi) is 5.60. The number of hydrogen-bond donors (Lipinski definition) is 1. The van der Waals surface area contributed by atoms with Crippen LogP contribution in [0, 0.1) is 13.8 Å². The van der Waals surface area contributed by atoms with Gasteiger partial charge in [-0.25, -0.2) is 0 Å². The summed E-state index contributed by atoms with van der Waals surface area (Å²) in [6.07, 6.45) is 5.58. The quantitative estimate of drug-likeness (QED) is 0.506. The molecule has 1 rings (SSSR count). The number of aryl methyl sites for hydroxylation is 1. The van der Waals surface area contributed by atoms with E-state index in [1.807, 2.05) is 19.3 Å². The Morgan fingerprint density at radius 3 is 2.31 bits per heavy atom. The van der Waals surface area contributed by atoms with Crippen molar-refractivity contribution in [2.24, 2.45) is 4.99 Å². The van der Waals surface area contributed by atoms with Gasteiger partial charge in [-0.2, -0.15) is 0 Å². The molecule has 1 aromatic rings. The second-order valence-corrected chi connectivity index (χ2v) is 2.79. The molecule has 2 heteroatoms. The van der Waals surface area contributed by atoms with Gasteiger partial charge in [0.15, 0.2) is 0 Å². The Balaban J connectivity index is 0.000000424. The first-order chi connectivity index (χ1) is 6.17. The summed E-state index contributed by atoms with van der Waals surface area (Å²) >= 11 is 0. The highest BCUT2D eigenvalue weighted by Gasteiger charge is 1.98. The van der Waals surface area contributed by atoms with E-state index >= 15 is 0 Å². The monoisotopic (exact) mass is 178 g/mol. The van der Waals surface area contributed by atoms with Crippen LogP contribution in [0.2, 0.25) is 0 Å². The second-order valence-electron chi connectivity index (χ2n) is 2.79. The van der Waals surface area contributed by atoms with E-state index in [-0.39, 0.29) is 0 Å². The van der Waals surface area contributed by atoms with Crippen LogP contribution in [0.25, 0.3) is 0 Å². The van der Waals surface area contributed by atoms with Gasteiger partial charge in [0.25, 0.3) is 0 Å². The van der Waals surface area contributed by atoms with Gasteiger partial charge in [-0.1, -0.05) is 6.08 Å². The molecule has 0 saturated carbocycles. The maximum absolute atomic E-state index is 3.94. The number of aromatic nitrogens is 1. The molecule has 1 aromatic heterocycles. The third-order valence-corrected chi connectivity index (χ3v) is 1.71. The predicted octanol–water partition coefficient (Wildman–Crippen LogP) is 2.87. The van der Waals surface area contributed by atoms with Crippen LogP contribution in [0.5, 0.6) is 0 Å². The highest BCUT2D eigenvalue weighted by atomic mass is 14.7. The normalized spacial score (nSPS) is 9.54. The van der Waals surface area contributed by atoms with Crippen molar-refractivity contribution in [1.82, 2.24) is 4.98 Å². The van der Waals surface area contributed by atoms with E-state index in [2.05, 4.69) is 30.4 Å². The van der Waals surface area contributed by atoms with E-state index in [1.54, 1.807) is 13.1 Å². The van der Waals surface area contributed by atoms with Crippen LogP contribution in [0.15, 0.2) is 23.8 Å². The van der Waals surface area contributed by atoms with Crippen molar-refractivity contribution in [3.8, 4) is 0 Å². The van der Waals surface area contributed by atoms with Gasteiger partial charge in [0.2, 0.25) is 0 Å². The smallest absolute Gasteiger partial charge is 0.0299 e.